The zero-order chi connectivity index (χ0) is 20.5. The van der Waals surface area contributed by atoms with Crippen LogP contribution in [0.25, 0.3) is 0 Å². The Morgan fingerprint density at radius 1 is 1.04 bits per heavy atom. The summed E-state index contributed by atoms with van der Waals surface area (Å²) in [6.07, 6.45) is 1.59. The summed E-state index contributed by atoms with van der Waals surface area (Å²) >= 11 is 3.35. The second kappa shape index (κ2) is 10.5. The third kappa shape index (κ3) is 6.13. The number of hydrazine groups is 1. The number of halogens is 1. The van der Waals surface area contributed by atoms with Gasteiger partial charge in [0, 0.05) is 4.47 Å². The molecule has 2 aromatic rings. The number of carbonyl (C=O) groups is 2. The standard InChI is InChI=1S/C21H23BrN2O4/c1-4-11-27-18-8-6-5-7-16(18)20(25)23-24-21(26)17-12-15(22)9-10-19(17)28-13-14(2)3/h4-10,12,14H,1,11,13H2,2-3H3,(H,23,25)(H,24,26). The Balaban J connectivity index is 2.09. The van der Waals surface area contributed by atoms with Crippen molar-refractivity contribution in [2.75, 3.05) is 13.2 Å². The third-order valence-corrected chi connectivity index (χ3v) is 4.03. The first kappa shape index (κ1) is 21.5. The lowest BCUT2D eigenvalue weighted by atomic mass is 10.2. The minimum absolute atomic E-state index is 0.269. The lowest BCUT2D eigenvalue weighted by molar-refractivity contribution is 0.0842. The summed E-state index contributed by atoms with van der Waals surface area (Å²) in [6.45, 7) is 8.37. The molecule has 28 heavy (non-hydrogen) atoms. The van der Waals surface area contributed by atoms with Gasteiger partial charge >= 0.3 is 0 Å². The summed E-state index contributed by atoms with van der Waals surface area (Å²) < 4.78 is 11.9. The molecule has 2 aromatic carbocycles. The normalized spacial score (nSPS) is 10.3. The number of hydrogen-bond donors (Lipinski definition) is 2. The summed E-state index contributed by atoms with van der Waals surface area (Å²) in [5.41, 5.74) is 5.44. The summed E-state index contributed by atoms with van der Waals surface area (Å²) in [7, 11) is 0. The van der Waals surface area contributed by atoms with Gasteiger partial charge in [-0.25, -0.2) is 0 Å². The highest BCUT2D eigenvalue weighted by atomic mass is 79.9. The number of carbonyl (C=O) groups excluding carboxylic acids is 2. The van der Waals surface area contributed by atoms with Crippen LogP contribution in [0, 0.1) is 5.92 Å². The fourth-order valence-electron chi connectivity index (χ4n) is 2.24. The van der Waals surface area contributed by atoms with Crippen LogP contribution in [0.5, 0.6) is 11.5 Å². The first-order valence-electron chi connectivity index (χ1n) is 8.78. The van der Waals surface area contributed by atoms with Crippen LogP contribution in [0.4, 0.5) is 0 Å². The van der Waals surface area contributed by atoms with E-state index in [1.165, 1.54) is 0 Å². The van der Waals surface area contributed by atoms with E-state index in [1.807, 2.05) is 13.8 Å². The Bertz CT molecular complexity index is 852. The maximum Gasteiger partial charge on any atom is 0.273 e. The zero-order valence-electron chi connectivity index (χ0n) is 15.8. The fraction of sp³-hybridized carbons (Fsp3) is 0.238. The van der Waals surface area contributed by atoms with E-state index in [0.29, 0.717) is 35.2 Å². The highest BCUT2D eigenvalue weighted by Crippen LogP contribution is 2.24. The molecule has 148 valence electrons. The quantitative estimate of drug-likeness (QED) is 0.472. The van der Waals surface area contributed by atoms with Gasteiger partial charge in [-0.05, 0) is 36.2 Å². The largest absolute Gasteiger partial charge is 0.492 e. The van der Waals surface area contributed by atoms with Crippen LogP contribution in [-0.4, -0.2) is 25.0 Å². The molecule has 0 saturated heterocycles. The lowest BCUT2D eigenvalue weighted by Gasteiger charge is -2.14. The molecular weight excluding hydrogens is 424 g/mol. The van der Waals surface area contributed by atoms with Gasteiger partial charge in [0.25, 0.3) is 11.8 Å². The SMILES string of the molecule is C=CCOc1ccccc1C(=O)NNC(=O)c1cc(Br)ccc1OCC(C)C. The molecule has 0 atom stereocenters. The highest BCUT2D eigenvalue weighted by molar-refractivity contribution is 9.10. The van der Waals surface area contributed by atoms with Crippen LogP contribution in [-0.2, 0) is 0 Å². The van der Waals surface area contributed by atoms with Crippen molar-refractivity contribution in [3.8, 4) is 11.5 Å². The number of benzene rings is 2. The van der Waals surface area contributed by atoms with Gasteiger partial charge in [0.05, 0.1) is 17.7 Å². The predicted octanol–water partition coefficient (Wildman–Crippen LogP) is 4.12. The highest BCUT2D eigenvalue weighted by Gasteiger charge is 2.17. The van der Waals surface area contributed by atoms with Crippen LogP contribution >= 0.6 is 15.9 Å². The van der Waals surface area contributed by atoms with Gasteiger partial charge in [0.2, 0.25) is 0 Å². The fourth-order valence-corrected chi connectivity index (χ4v) is 2.60. The van der Waals surface area contributed by atoms with Crippen LogP contribution in [0.15, 0.2) is 59.6 Å². The molecule has 0 fully saturated rings. The van der Waals surface area contributed by atoms with Crippen molar-refractivity contribution >= 4 is 27.7 Å². The number of hydrogen-bond acceptors (Lipinski definition) is 4. The summed E-state index contributed by atoms with van der Waals surface area (Å²) in [5, 5.41) is 0. The maximum atomic E-state index is 12.6. The first-order chi connectivity index (χ1) is 13.4. The van der Waals surface area contributed by atoms with Crippen LogP contribution < -0.4 is 20.3 Å². The number of amides is 2. The van der Waals surface area contributed by atoms with Gasteiger partial charge in [0.15, 0.2) is 0 Å². The van der Waals surface area contributed by atoms with Gasteiger partial charge in [-0.3, -0.25) is 20.4 Å². The Morgan fingerprint density at radius 3 is 2.36 bits per heavy atom. The van der Waals surface area contributed by atoms with Crippen molar-refractivity contribution in [3.05, 3.63) is 70.7 Å². The molecule has 0 aromatic heterocycles. The number of nitrogens with one attached hydrogen (secondary N) is 2. The zero-order valence-corrected chi connectivity index (χ0v) is 17.4. The van der Waals surface area contributed by atoms with Gasteiger partial charge < -0.3 is 9.47 Å². The second-order valence-electron chi connectivity index (χ2n) is 6.35. The molecule has 6 nitrogen and oxygen atoms in total. The van der Waals surface area contributed by atoms with Crippen molar-refractivity contribution in [1.29, 1.82) is 0 Å². The van der Waals surface area contributed by atoms with Gasteiger partial charge in [-0.15, -0.1) is 0 Å². The molecule has 7 heteroatoms. The molecule has 0 saturated carbocycles. The maximum absolute atomic E-state index is 12.6. The van der Waals surface area contributed by atoms with E-state index in [0.717, 1.165) is 4.47 Å². The van der Waals surface area contributed by atoms with Crippen molar-refractivity contribution in [2.45, 2.75) is 13.8 Å². The lowest BCUT2D eigenvalue weighted by Crippen LogP contribution is -2.42. The topological polar surface area (TPSA) is 76.7 Å². The molecule has 0 unspecified atom stereocenters. The van der Waals surface area contributed by atoms with Crippen molar-refractivity contribution < 1.29 is 19.1 Å². The molecule has 0 heterocycles. The predicted molar refractivity (Wildman–Crippen MR) is 112 cm³/mol. The van der Waals surface area contributed by atoms with E-state index in [9.17, 15) is 9.59 Å². The molecule has 2 rings (SSSR count). The van der Waals surface area contributed by atoms with Gasteiger partial charge in [-0.1, -0.05) is 54.6 Å². The van der Waals surface area contributed by atoms with E-state index in [4.69, 9.17) is 9.47 Å². The first-order valence-corrected chi connectivity index (χ1v) is 9.57. The molecule has 0 aliphatic carbocycles. The average Bonchev–Trinajstić information content (AvgIpc) is 2.69. The number of para-hydroxylation sites is 1. The number of ether oxygens (including phenoxy) is 2. The molecule has 0 spiro atoms. The monoisotopic (exact) mass is 446 g/mol. The summed E-state index contributed by atoms with van der Waals surface area (Å²) in [4.78, 5) is 25.0. The van der Waals surface area contributed by atoms with Crippen LogP contribution in [0.2, 0.25) is 0 Å². The van der Waals surface area contributed by atoms with E-state index >= 15 is 0 Å². The van der Waals surface area contributed by atoms with Gasteiger partial charge in [-0.2, -0.15) is 0 Å². The third-order valence-electron chi connectivity index (χ3n) is 3.54. The Kier molecular flexibility index (Phi) is 8.07. The number of rotatable bonds is 8. The van der Waals surface area contributed by atoms with Gasteiger partial charge in [0.1, 0.15) is 18.1 Å². The van der Waals surface area contributed by atoms with Crippen molar-refractivity contribution in [2.24, 2.45) is 5.92 Å². The average molecular weight is 447 g/mol. The van der Waals surface area contributed by atoms with E-state index in [-0.39, 0.29) is 6.61 Å². The molecule has 0 aliphatic heterocycles. The minimum Gasteiger partial charge on any atom is -0.492 e. The molecule has 0 bridgehead atoms. The van der Waals surface area contributed by atoms with Crippen LogP contribution in [0.1, 0.15) is 34.6 Å². The Labute approximate surface area is 173 Å². The summed E-state index contributed by atoms with van der Waals surface area (Å²) in [6, 6.07) is 11.9. The van der Waals surface area contributed by atoms with Crippen LogP contribution in [0.3, 0.4) is 0 Å². The second-order valence-corrected chi connectivity index (χ2v) is 7.27. The Hall–Kier alpha value is -2.80. The van der Waals surface area contributed by atoms with Crippen molar-refractivity contribution in [3.63, 3.8) is 0 Å². The Morgan fingerprint density at radius 2 is 1.68 bits per heavy atom. The van der Waals surface area contributed by atoms with Crippen molar-refractivity contribution in [1.82, 2.24) is 10.9 Å². The summed E-state index contributed by atoms with van der Waals surface area (Å²) in [5.74, 6) is 0.174. The van der Waals surface area contributed by atoms with E-state index < -0.39 is 11.8 Å². The molecule has 0 aliphatic rings. The van der Waals surface area contributed by atoms with E-state index in [1.54, 1.807) is 48.5 Å². The molecule has 0 radical (unpaired) electrons. The minimum atomic E-state index is -0.493. The molecular formula is C21H23BrN2O4. The molecule has 2 amide bonds. The van der Waals surface area contributed by atoms with E-state index in [2.05, 4.69) is 33.4 Å². The smallest absolute Gasteiger partial charge is 0.273 e. The molecule has 2 N–H and O–H groups in total.